The van der Waals surface area contributed by atoms with Gasteiger partial charge in [-0.05, 0) is 23.3 Å². The maximum atomic E-state index is 12.4. The molecule has 0 bridgehead atoms. The summed E-state index contributed by atoms with van der Waals surface area (Å²) in [5.41, 5.74) is 6.92. The molecule has 126 valence electrons. The third-order valence-electron chi connectivity index (χ3n) is 3.98. The van der Waals surface area contributed by atoms with E-state index in [9.17, 15) is 19.7 Å². The largest absolute Gasteiger partial charge is 0.459 e. The van der Waals surface area contributed by atoms with Crippen LogP contribution >= 0.6 is 11.8 Å². The van der Waals surface area contributed by atoms with Crippen molar-refractivity contribution in [2.24, 2.45) is 5.73 Å². The van der Waals surface area contributed by atoms with E-state index < -0.39 is 23.0 Å². The zero-order valence-corrected chi connectivity index (χ0v) is 13.4. The van der Waals surface area contributed by atoms with Crippen molar-refractivity contribution in [2.75, 3.05) is 5.75 Å². The number of rotatable bonds is 4. The third-order valence-corrected chi connectivity index (χ3v) is 5.38. The van der Waals surface area contributed by atoms with Crippen LogP contribution in [0.25, 0.3) is 0 Å². The summed E-state index contributed by atoms with van der Waals surface area (Å²) in [6.07, 6.45) is 0. The number of nitrogens with two attached hydrogens (primary N) is 1. The number of amides is 1. The van der Waals surface area contributed by atoms with Gasteiger partial charge in [0.15, 0.2) is 6.04 Å². The summed E-state index contributed by atoms with van der Waals surface area (Å²) in [6, 6.07) is 4.31. The Morgan fingerprint density at radius 2 is 2.12 bits per heavy atom. The molecule has 1 amide bonds. The van der Waals surface area contributed by atoms with Gasteiger partial charge in [0.1, 0.15) is 18.0 Å². The van der Waals surface area contributed by atoms with Crippen molar-refractivity contribution in [3.05, 3.63) is 52.1 Å². The first kappa shape index (κ1) is 16.5. The summed E-state index contributed by atoms with van der Waals surface area (Å²) in [6.45, 7) is 3.81. The molecule has 0 saturated carbocycles. The van der Waals surface area contributed by atoms with Crippen molar-refractivity contribution in [3.63, 3.8) is 0 Å². The van der Waals surface area contributed by atoms with Gasteiger partial charge in [-0.3, -0.25) is 14.9 Å². The number of fused-ring (bicyclic) bond motifs is 1. The Bertz CT molecular complexity index is 720. The van der Waals surface area contributed by atoms with E-state index in [0.717, 1.165) is 0 Å². The molecule has 3 rings (SSSR count). The van der Waals surface area contributed by atoms with E-state index >= 15 is 0 Å². The number of hydrogen-bond acceptors (Lipinski definition) is 7. The number of carbonyl (C=O) groups excluding carboxylic acids is 2. The lowest BCUT2D eigenvalue weighted by molar-refractivity contribution is -0.384. The number of ether oxygens (including phenoxy) is 1. The maximum absolute atomic E-state index is 12.4. The van der Waals surface area contributed by atoms with Crippen LogP contribution in [0.3, 0.4) is 0 Å². The highest BCUT2D eigenvalue weighted by molar-refractivity contribution is 8.00. The van der Waals surface area contributed by atoms with Gasteiger partial charge in [0.05, 0.1) is 4.92 Å². The topological polar surface area (TPSA) is 116 Å². The predicted molar refractivity (Wildman–Crippen MR) is 86.9 cm³/mol. The van der Waals surface area contributed by atoms with Gasteiger partial charge in [-0.2, -0.15) is 0 Å². The number of hydrogen-bond donors (Lipinski definition) is 1. The summed E-state index contributed by atoms with van der Waals surface area (Å²) >= 11 is 1.48. The molecule has 0 radical (unpaired) electrons. The summed E-state index contributed by atoms with van der Waals surface area (Å²) in [5, 5.41) is 10.4. The second kappa shape index (κ2) is 6.25. The monoisotopic (exact) mass is 349 g/mol. The van der Waals surface area contributed by atoms with E-state index in [2.05, 4.69) is 6.58 Å². The number of non-ortho nitro benzene ring substituents is 1. The van der Waals surface area contributed by atoms with Crippen LogP contribution in [0.2, 0.25) is 0 Å². The molecule has 2 heterocycles. The summed E-state index contributed by atoms with van der Waals surface area (Å²) in [5.74, 6) is -0.311. The smallest absolute Gasteiger partial charge is 0.333 e. The van der Waals surface area contributed by atoms with Gasteiger partial charge in [-0.1, -0.05) is 6.58 Å². The van der Waals surface area contributed by atoms with E-state index in [1.165, 1.54) is 40.9 Å². The minimum Gasteiger partial charge on any atom is -0.459 e. The van der Waals surface area contributed by atoms with Crippen LogP contribution in [0, 0.1) is 10.1 Å². The summed E-state index contributed by atoms with van der Waals surface area (Å²) in [7, 11) is 0. The zero-order valence-electron chi connectivity index (χ0n) is 12.6. The first-order chi connectivity index (χ1) is 11.4. The van der Waals surface area contributed by atoms with Crippen LogP contribution < -0.4 is 5.73 Å². The first-order valence-electron chi connectivity index (χ1n) is 7.17. The van der Waals surface area contributed by atoms with E-state index in [1.807, 2.05) is 0 Å². The number of thioether (sulfide) groups is 1. The molecule has 1 aromatic rings. The number of esters is 1. The molecule has 2 fully saturated rings. The van der Waals surface area contributed by atoms with Crippen LogP contribution in [0.4, 0.5) is 5.69 Å². The Labute approximate surface area is 141 Å². The quantitative estimate of drug-likeness (QED) is 0.281. The number of carbonyl (C=O) groups is 2. The van der Waals surface area contributed by atoms with Gasteiger partial charge in [0.25, 0.3) is 5.69 Å². The molecular weight excluding hydrogens is 334 g/mol. The van der Waals surface area contributed by atoms with Crippen LogP contribution in [-0.4, -0.2) is 44.9 Å². The number of nitro groups is 1. The van der Waals surface area contributed by atoms with Crippen LogP contribution in [-0.2, 0) is 20.9 Å². The molecule has 0 aromatic heterocycles. The highest BCUT2D eigenvalue weighted by atomic mass is 32.2. The van der Waals surface area contributed by atoms with Crippen molar-refractivity contribution < 1.29 is 19.2 Å². The minimum absolute atomic E-state index is 0.0352. The van der Waals surface area contributed by atoms with Crippen LogP contribution in [0.15, 0.2) is 36.4 Å². The standard InChI is InChI=1S/C15H15N3O5S/c1-8-7-24-14-11(16)13(19)17(14)12(8)15(20)23-6-9-2-4-10(5-3-9)18(21)22/h2-5,11-12,14H,1,6-7,16H2/t11?,12?,14-/m1/s1. The van der Waals surface area contributed by atoms with Crippen LogP contribution in [0.5, 0.6) is 0 Å². The average Bonchev–Trinajstić information content (AvgIpc) is 2.59. The van der Waals surface area contributed by atoms with Gasteiger partial charge in [0, 0.05) is 17.9 Å². The zero-order chi connectivity index (χ0) is 17.4. The SMILES string of the molecule is C=C1CS[C@@H]2C(N)C(=O)N2C1C(=O)OCc1ccc([N+](=O)[O-])cc1. The highest BCUT2D eigenvalue weighted by Gasteiger charge is 2.54. The fourth-order valence-electron chi connectivity index (χ4n) is 2.66. The van der Waals surface area contributed by atoms with Gasteiger partial charge >= 0.3 is 5.97 Å². The third kappa shape index (κ3) is 2.76. The molecule has 2 aliphatic rings. The number of nitro benzene ring substituents is 1. The molecule has 9 heteroatoms. The summed E-state index contributed by atoms with van der Waals surface area (Å²) < 4.78 is 5.26. The first-order valence-corrected chi connectivity index (χ1v) is 8.22. The average molecular weight is 349 g/mol. The van der Waals surface area contributed by atoms with Gasteiger partial charge in [0.2, 0.25) is 5.91 Å². The van der Waals surface area contributed by atoms with E-state index in [4.69, 9.17) is 10.5 Å². The fraction of sp³-hybridized carbons (Fsp3) is 0.333. The normalized spacial score (nSPS) is 25.7. The molecule has 8 nitrogen and oxygen atoms in total. The Morgan fingerprint density at radius 3 is 2.75 bits per heavy atom. The van der Waals surface area contributed by atoms with Gasteiger partial charge < -0.3 is 15.4 Å². The Balaban J connectivity index is 1.64. The molecule has 1 aromatic carbocycles. The van der Waals surface area contributed by atoms with Crippen molar-refractivity contribution in [1.29, 1.82) is 0 Å². The fourth-order valence-corrected chi connectivity index (χ4v) is 3.92. The molecule has 3 atom stereocenters. The number of β-lactam (4-membered cyclic amide) rings is 1. The van der Waals surface area contributed by atoms with Crippen molar-refractivity contribution in [1.82, 2.24) is 4.90 Å². The van der Waals surface area contributed by atoms with E-state index in [1.54, 1.807) is 0 Å². The lowest BCUT2D eigenvalue weighted by Gasteiger charge is -2.51. The highest BCUT2D eigenvalue weighted by Crippen LogP contribution is 2.39. The van der Waals surface area contributed by atoms with E-state index in [0.29, 0.717) is 16.9 Å². The lowest BCUT2D eigenvalue weighted by Crippen LogP contribution is -2.73. The maximum Gasteiger partial charge on any atom is 0.333 e. The molecule has 2 aliphatic heterocycles. The van der Waals surface area contributed by atoms with Gasteiger partial charge in [-0.15, -0.1) is 11.8 Å². The number of nitrogens with zero attached hydrogens (tertiary/aromatic N) is 2. The second-order valence-corrected chi connectivity index (χ2v) is 6.67. The van der Waals surface area contributed by atoms with Crippen molar-refractivity contribution in [2.45, 2.75) is 24.1 Å². The van der Waals surface area contributed by atoms with Crippen molar-refractivity contribution in [3.8, 4) is 0 Å². The Kier molecular flexibility index (Phi) is 4.29. The predicted octanol–water partition coefficient (Wildman–Crippen LogP) is 0.805. The Morgan fingerprint density at radius 1 is 1.46 bits per heavy atom. The molecule has 2 unspecified atom stereocenters. The molecule has 2 saturated heterocycles. The molecule has 24 heavy (non-hydrogen) atoms. The number of benzene rings is 1. The van der Waals surface area contributed by atoms with Crippen LogP contribution in [0.1, 0.15) is 5.56 Å². The molecule has 2 N–H and O–H groups in total. The van der Waals surface area contributed by atoms with E-state index in [-0.39, 0.29) is 23.6 Å². The molecule has 0 aliphatic carbocycles. The Hall–Kier alpha value is -2.39. The minimum atomic E-state index is -0.818. The molecule has 0 spiro atoms. The van der Waals surface area contributed by atoms with Gasteiger partial charge in [-0.25, -0.2) is 4.79 Å². The lowest BCUT2D eigenvalue weighted by atomic mass is 9.99. The van der Waals surface area contributed by atoms with Crippen molar-refractivity contribution >= 4 is 29.3 Å². The summed E-state index contributed by atoms with van der Waals surface area (Å²) in [4.78, 5) is 35.8. The molecular formula is C15H15N3O5S. The second-order valence-electron chi connectivity index (χ2n) is 5.56.